The molecule has 4 heteroatoms. The first-order valence-corrected chi connectivity index (χ1v) is 7.22. The Labute approximate surface area is 125 Å². The maximum absolute atomic E-state index is 12.8. The molecular weight excluding hydrogens is 267 g/mol. The number of anilines is 1. The third kappa shape index (κ3) is 4.02. The number of nitrogens with zero attached hydrogens (tertiary/aromatic N) is 2. The molecule has 0 bridgehead atoms. The molecule has 0 aliphatic heterocycles. The number of aryl methyl sites for hydroxylation is 1. The van der Waals surface area contributed by atoms with Crippen LogP contribution in [0.5, 0.6) is 0 Å². The van der Waals surface area contributed by atoms with Gasteiger partial charge in [-0.05, 0) is 44.0 Å². The highest BCUT2D eigenvalue weighted by molar-refractivity contribution is 5.52. The minimum atomic E-state index is -0.677. The van der Waals surface area contributed by atoms with Gasteiger partial charge in [0.1, 0.15) is 5.82 Å². The van der Waals surface area contributed by atoms with E-state index in [0.29, 0.717) is 12.1 Å². The van der Waals surface area contributed by atoms with E-state index in [-0.39, 0.29) is 5.82 Å². The van der Waals surface area contributed by atoms with Gasteiger partial charge in [-0.15, -0.1) is 0 Å². The second kappa shape index (κ2) is 7.18. The van der Waals surface area contributed by atoms with Crippen molar-refractivity contribution in [2.45, 2.75) is 26.4 Å². The van der Waals surface area contributed by atoms with Gasteiger partial charge >= 0.3 is 0 Å². The fraction of sp³-hybridized carbons (Fsp3) is 0.353. The molecule has 0 spiro atoms. The average molecular weight is 288 g/mol. The van der Waals surface area contributed by atoms with Crippen LogP contribution in [0.15, 0.2) is 42.6 Å². The lowest BCUT2D eigenvalue weighted by Crippen LogP contribution is -2.26. The lowest BCUT2D eigenvalue weighted by atomic mass is 10.1. The SMILES string of the molecule is CCN(CCC(O)c1ccc(F)cn1)c1ccccc1C. The van der Waals surface area contributed by atoms with Crippen LogP contribution in [0.2, 0.25) is 0 Å². The maximum Gasteiger partial charge on any atom is 0.141 e. The van der Waals surface area contributed by atoms with Gasteiger partial charge in [-0.3, -0.25) is 4.98 Å². The predicted octanol–water partition coefficient (Wildman–Crippen LogP) is 3.48. The van der Waals surface area contributed by atoms with E-state index >= 15 is 0 Å². The lowest BCUT2D eigenvalue weighted by Gasteiger charge is -2.26. The summed E-state index contributed by atoms with van der Waals surface area (Å²) in [6.45, 7) is 5.76. The summed E-state index contributed by atoms with van der Waals surface area (Å²) in [5.74, 6) is -0.388. The second-order valence-corrected chi connectivity index (χ2v) is 5.07. The highest BCUT2D eigenvalue weighted by atomic mass is 19.1. The fourth-order valence-electron chi connectivity index (χ4n) is 2.38. The fourth-order valence-corrected chi connectivity index (χ4v) is 2.38. The number of hydrogen-bond donors (Lipinski definition) is 1. The Bertz CT molecular complexity index is 571. The number of rotatable bonds is 6. The molecular formula is C17H21FN2O. The Kier molecular flexibility index (Phi) is 5.28. The van der Waals surface area contributed by atoms with Crippen LogP contribution >= 0.6 is 0 Å². The summed E-state index contributed by atoms with van der Waals surface area (Å²) in [5, 5.41) is 10.2. The van der Waals surface area contributed by atoms with Gasteiger partial charge in [-0.1, -0.05) is 18.2 Å². The molecule has 0 saturated heterocycles. The molecule has 1 heterocycles. The number of aromatic nitrogens is 1. The Balaban J connectivity index is 2.00. The van der Waals surface area contributed by atoms with Crippen LogP contribution in [0.1, 0.15) is 30.7 Å². The van der Waals surface area contributed by atoms with Gasteiger partial charge < -0.3 is 10.0 Å². The minimum Gasteiger partial charge on any atom is -0.387 e. The Morgan fingerprint density at radius 3 is 2.62 bits per heavy atom. The average Bonchev–Trinajstić information content (AvgIpc) is 2.50. The number of pyridine rings is 1. The summed E-state index contributed by atoms with van der Waals surface area (Å²) in [6, 6.07) is 11.1. The largest absolute Gasteiger partial charge is 0.387 e. The van der Waals surface area contributed by atoms with Crippen molar-refractivity contribution in [3.05, 3.63) is 59.7 Å². The normalized spacial score (nSPS) is 12.2. The van der Waals surface area contributed by atoms with Crippen molar-refractivity contribution < 1.29 is 9.50 Å². The summed E-state index contributed by atoms with van der Waals surface area (Å²) >= 11 is 0. The molecule has 112 valence electrons. The number of halogens is 1. The standard InChI is InChI=1S/C17H21FN2O/c1-3-20(16-7-5-4-6-13(16)2)11-10-17(21)15-9-8-14(18)12-19-15/h4-9,12,17,21H,3,10-11H2,1-2H3. The molecule has 1 N–H and O–H groups in total. The monoisotopic (exact) mass is 288 g/mol. The molecule has 0 radical (unpaired) electrons. The molecule has 1 unspecified atom stereocenters. The predicted molar refractivity (Wildman–Crippen MR) is 82.8 cm³/mol. The quantitative estimate of drug-likeness (QED) is 0.884. The van der Waals surface area contributed by atoms with Crippen molar-refractivity contribution in [2.24, 2.45) is 0 Å². The van der Waals surface area contributed by atoms with E-state index in [1.54, 1.807) is 0 Å². The van der Waals surface area contributed by atoms with Gasteiger partial charge in [0.15, 0.2) is 0 Å². The van der Waals surface area contributed by atoms with Gasteiger partial charge in [0, 0.05) is 18.8 Å². The molecule has 0 saturated carbocycles. The van der Waals surface area contributed by atoms with E-state index in [2.05, 4.69) is 35.9 Å². The van der Waals surface area contributed by atoms with Gasteiger partial charge in [0.25, 0.3) is 0 Å². The van der Waals surface area contributed by atoms with Crippen LogP contribution in [0.4, 0.5) is 10.1 Å². The van der Waals surface area contributed by atoms with Gasteiger partial charge in [-0.25, -0.2) is 4.39 Å². The highest BCUT2D eigenvalue weighted by Gasteiger charge is 2.13. The first-order chi connectivity index (χ1) is 10.1. The number of hydrogen-bond acceptors (Lipinski definition) is 3. The molecule has 0 aliphatic rings. The molecule has 21 heavy (non-hydrogen) atoms. The van der Waals surface area contributed by atoms with Crippen molar-refractivity contribution in [3.63, 3.8) is 0 Å². The molecule has 1 aromatic heterocycles. The van der Waals surface area contributed by atoms with Crippen molar-refractivity contribution >= 4 is 5.69 Å². The van der Waals surface area contributed by atoms with Crippen LogP contribution in [0, 0.1) is 12.7 Å². The zero-order valence-electron chi connectivity index (χ0n) is 12.5. The summed E-state index contributed by atoms with van der Waals surface area (Å²) in [7, 11) is 0. The smallest absolute Gasteiger partial charge is 0.141 e. The molecule has 1 atom stereocenters. The zero-order valence-corrected chi connectivity index (χ0v) is 12.5. The first kappa shape index (κ1) is 15.4. The van der Waals surface area contributed by atoms with E-state index in [9.17, 15) is 9.50 Å². The van der Waals surface area contributed by atoms with E-state index in [4.69, 9.17) is 0 Å². The highest BCUT2D eigenvalue weighted by Crippen LogP contribution is 2.21. The summed E-state index contributed by atoms with van der Waals surface area (Å²) < 4.78 is 12.8. The number of para-hydroxylation sites is 1. The Hall–Kier alpha value is -1.94. The number of benzene rings is 1. The van der Waals surface area contributed by atoms with Gasteiger partial charge in [0.05, 0.1) is 18.0 Å². The van der Waals surface area contributed by atoms with Crippen LogP contribution < -0.4 is 4.90 Å². The van der Waals surface area contributed by atoms with E-state index in [0.717, 1.165) is 19.3 Å². The first-order valence-electron chi connectivity index (χ1n) is 7.22. The van der Waals surface area contributed by atoms with Crippen molar-refractivity contribution in [3.8, 4) is 0 Å². The molecule has 3 nitrogen and oxygen atoms in total. The molecule has 0 fully saturated rings. The van der Waals surface area contributed by atoms with Crippen molar-refractivity contribution in [1.29, 1.82) is 0 Å². The molecule has 0 amide bonds. The van der Waals surface area contributed by atoms with Crippen molar-refractivity contribution in [1.82, 2.24) is 4.98 Å². The van der Waals surface area contributed by atoms with Crippen molar-refractivity contribution in [2.75, 3.05) is 18.0 Å². The maximum atomic E-state index is 12.8. The molecule has 2 rings (SSSR count). The van der Waals surface area contributed by atoms with Crippen LogP contribution in [-0.4, -0.2) is 23.2 Å². The Morgan fingerprint density at radius 2 is 2.00 bits per heavy atom. The molecule has 1 aromatic carbocycles. The third-order valence-corrected chi connectivity index (χ3v) is 3.60. The zero-order chi connectivity index (χ0) is 15.2. The number of aliphatic hydroxyl groups excluding tert-OH is 1. The van der Waals surface area contributed by atoms with Gasteiger partial charge in [0.2, 0.25) is 0 Å². The van der Waals surface area contributed by atoms with E-state index in [1.807, 2.05) is 12.1 Å². The van der Waals surface area contributed by atoms with E-state index < -0.39 is 6.10 Å². The molecule has 2 aromatic rings. The topological polar surface area (TPSA) is 36.4 Å². The third-order valence-electron chi connectivity index (χ3n) is 3.60. The minimum absolute atomic E-state index is 0.388. The van der Waals surface area contributed by atoms with E-state index in [1.165, 1.54) is 23.4 Å². The summed E-state index contributed by atoms with van der Waals surface area (Å²) in [6.07, 6.45) is 1.02. The van der Waals surface area contributed by atoms with Crippen LogP contribution in [0.25, 0.3) is 0 Å². The lowest BCUT2D eigenvalue weighted by molar-refractivity contribution is 0.164. The number of aliphatic hydroxyl groups is 1. The van der Waals surface area contributed by atoms with Crippen LogP contribution in [-0.2, 0) is 0 Å². The van der Waals surface area contributed by atoms with Crippen LogP contribution in [0.3, 0.4) is 0 Å². The Morgan fingerprint density at radius 1 is 1.24 bits per heavy atom. The summed E-state index contributed by atoms with van der Waals surface area (Å²) in [5.41, 5.74) is 2.91. The second-order valence-electron chi connectivity index (χ2n) is 5.07. The molecule has 0 aliphatic carbocycles. The summed E-state index contributed by atoms with van der Waals surface area (Å²) in [4.78, 5) is 6.15. The van der Waals surface area contributed by atoms with Gasteiger partial charge in [-0.2, -0.15) is 0 Å².